The molecule has 22 heavy (non-hydrogen) atoms. The van der Waals surface area contributed by atoms with Gasteiger partial charge in [0.05, 0.1) is 5.56 Å². The lowest BCUT2D eigenvalue weighted by molar-refractivity contribution is 0.0696. The molecule has 0 spiro atoms. The highest BCUT2D eigenvalue weighted by molar-refractivity contribution is 5.95. The molecule has 0 saturated heterocycles. The summed E-state index contributed by atoms with van der Waals surface area (Å²) in [6.07, 6.45) is 1.54. The molecule has 116 valence electrons. The summed E-state index contributed by atoms with van der Waals surface area (Å²) in [5, 5.41) is 20.6. The molecule has 1 heterocycles. The van der Waals surface area contributed by atoms with Crippen LogP contribution in [-0.4, -0.2) is 35.2 Å². The Hall–Kier alpha value is -2.60. The second kappa shape index (κ2) is 7.42. The van der Waals surface area contributed by atoms with Crippen LogP contribution in [0.4, 0.5) is 0 Å². The molecule has 0 aliphatic heterocycles. The SMILES string of the molecule is O=C(O)c1coc(C(=O)NCC(CCO)c2ccccc2)c1. The van der Waals surface area contributed by atoms with E-state index in [-0.39, 0.29) is 23.8 Å². The maximum absolute atomic E-state index is 12.0. The summed E-state index contributed by atoms with van der Waals surface area (Å²) < 4.78 is 4.94. The Morgan fingerprint density at radius 3 is 2.55 bits per heavy atom. The standard InChI is InChI=1S/C16H17NO5/c18-7-6-12(11-4-2-1-3-5-11)9-17-15(19)14-8-13(10-22-14)16(20)21/h1-5,8,10,12,18H,6-7,9H2,(H,17,19)(H,20,21). The molecule has 1 atom stereocenters. The molecule has 2 rings (SSSR count). The number of nitrogens with one attached hydrogen (secondary N) is 1. The van der Waals surface area contributed by atoms with Crippen LogP contribution >= 0.6 is 0 Å². The lowest BCUT2D eigenvalue weighted by atomic mass is 9.96. The van der Waals surface area contributed by atoms with Crippen molar-refractivity contribution in [2.75, 3.05) is 13.2 Å². The molecule has 6 nitrogen and oxygen atoms in total. The highest BCUT2D eigenvalue weighted by atomic mass is 16.4. The van der Waals surface area contributed by atoms with Crippen molar-refractivity contribution in [1.29, 1.82) is 0 Å². The fourth-order valence-corrected chi connectivity index (χ4v) is 2.14. The summed E-state index contributed by atoms with van der Waals surface area (Å²) in [4.78, 5) is 22.7. The predicted molar refractivity (Wildman–Crippen MR) is 78.9 cm³/mol. The van der Waals surface area contributed by atoms with E-state index in [0.717, 1.165) is 11.8 Å². The van der Waals surface area contributed by atoms with E-state index >= 15 is 0 Å². The van der Waals surface area contributed by atoms with Gasteiger partial charge in [-0.05, 0) is 12.0 Å². The minimum absolute atomic E-state index is 0.0132. The number of carbonyl (C=O) groups is 2. The lowest BCUT2D eigenvalue weighted by Crippen LogP contribution is -2.28. The molecule has 1 aromatic carbocycles. The van der Waals surface area contributed by atoms with Crippen molar-refractivity contribution < 1.29 is 24.2 Å². The van der Waals surface area contributed by atoms with Crippen molar-refractivity contribution in [2.24, 2.45) is 0 Å². The number of hydrogen-bond acceptors (Lipinski definition) is 4. The molecular weight excluding hydrogens is 286 g/mol. The smallest absolute Gasteiger partial charge is 0.338 e. The molecule has 6 heteroatoms. The van der Waals surface area contributed by atoms with Gasteiger partial charge in [-0.2, -0.15) is 0 Å². The molecule has 2 aromatic rings. The Morgan fingerprint density at radius 1 is 1.23 bits per heavy atom. The Bertz CT molecular complexity index is 635. The Balaban J connectivity index is 1.99. The van der Waals surface area contributed by atoms with Gasteiger partial charge in [0.2, 0.25) is 0 Å². The van der Waals surface area contributed by atoms with Crippen molar-refractivity contribution in [3.63, 3.8) is 0 Å². The number of carboxylic acids is 1. The first-order chi connectivity index (χ1) is 10.6. The number of amides is 1. The third-order valence-electron chi connectivity index (χ3n) is 3.33. The van der Waals surface area contributed by atoms with E-state index in [1.54, 1.807) is 0 Å². The minimum atomic E-state index is -1.15. The van der Waals surface area contributed by atoms with Crippen molar-refractivity contribution in [1.82, 2.24) is 5.32 Å². The van der Waals surface area contributed by atoms with Crippen LogP contribution in [0.1, 0.15) is 38.8 Å². The molecular formula is C16H17NO5. The zero-order chi connectivity index (χ0) is 15.9. The number of carboxylic acid groups (broad SMARTS) is 1. The number of aliphatic hydroxyl groups is 1. The quantitative estimate of drug-likeness (QED) is 0.725. The van der Waals surface area contributed by atoms with Gasteiger partial charge < -0.3 is 19.9 Å². The maximum atomic E-state index is 12.0. The summed E-state index contributed by atoms with van der Waals surface area (Å²) >= 11 is 0. The summed E-state index contributed by atoms with van der Waals surface area (Å²) in [7, 11) is 0. The first-order valence-electron chi connectivity index (χ1n) is 6.87. The van der Waals surface area contributed by atoms with Crippen molar-refractivity contribution in [2.45, 2.75) is 12.3 Å². The summed E-state index contributed by atoms with van der Waals surface area (Å²) in [6.45, 7) is 0.339. The van der Waals surface area contributed by atoms with E-state index in [0.29, 0.717) is 13.0 Å². The van der Waals surface area contributed by atoms with E-state index in [2.05, 4.69) is 5.32 Å². The van der Waals surface area contributed by atoms with E-state index in [1.165, 1.54) is 6.07 Å². The third kappa shape index (κ3) is 3.95. The zero-order valence-corrected chi connectivity index (χ0v) is 11.9. The van der Waals surface area contributed by atoms with Gasteiger partial charge in [-0.3, -0.25) is 4.79 Å². The molecule has 0 fully saturated rings. The van der Waals surface area contributed by atoms with E-state index in [1.807, 2.05) is 30.3 Å². The van der Waals surface area contributed by atoms with Gasteiger partial charge in [-0.25, -0.2) is 4.79 Å². The molecule has 3 N–H and O–H groups in total. The number of aromatic carboxylic acids is 1. The van der Waals surface area contributed by atoms with Crippen LogP contribution in [0.15, 0.2) is 47.1 Å². The monoisotopic (exact) mass is 303 g/mol. The minimum Gasteiger partial charge on any atom is -0.478 e. The second-order valence-electron chi connectivity index (χ2n) is 4.83. The number of hydrogen-bond donors (Lipinski definition) is 3. The average molecular weight is 303 g/mol. The highest BCUT2D eigenvalue weighted by Crippen LogP contribution is 2.18. The van der Waals surface area contributed by atoms with Crippen LogP contribution < -0.4 is 5.32 Å². The van der Waals surface area contributed by atoms with Crippen LogP contribution in [-0.2, 0) is 0 Å². The summed E-state index contributed by atoms with van der Waals surface area (Å²) in [6, 6.07) is 10.7. The highest BCUT2D eigenvalue weighted by Gasteiger charge is 2.17. The third-order valence-corrected chi connectivity index (χ3v) is 3.33. The summed E-state index contributed by atoms with van der Waals surface area (Å²) in [5.41, 5.74) is 0.947. The number of benzene rings is 1. The Kier molecular flexibility index (Phi) is 5.32. The largest absolute Gasteiger partial charge is 0.478 e. The molecule has 0 bridgehead atoms. The maximum Gasteiger partial charge on any atom is 0.338 e. The first-order valence-corrected chi connectivity index (χ1v) is 6.87. The van der Waals surface area contributed by atoms with Gasteiger partial charge in [-0.1, -0.05) is 30.3 Å². The Labute approximate surface area is 127 Å². The van der Waals surface area contributed by atoms with Crippen LogP contribution in [0.3, 0.4) is 0 Å². The van der Waals surface area contributed by atoms with Gasteiger partial charge in [-0.15, -0.1) is 0 Å². The van der Waals surface area contributed by atoms with E-state index in [9.17, 15) is 9.59 Å². The topological polar surface area (TPSA) is 99.8 Å². The number of carbonyl (C=O) groups excluding carboxylic acids is 1. The van der Waals surface area contributed by atoms with E-state index in [4.69, 9.17) is 14.6 Å². The van der Waals surface area contributed by atoms with Crippen LogP contribution in [0.25, 0.3) is 0 Å². The fraction of sp³-hybridized carbons (Fsp3) is 0.250. The number of rotatable bonds is 7. The molecule has 0 aliphatic rings. The predicted octanol–water partition coefficient (Wildman–Crippen LogP) is 1.87. The van der Waals surface area contributed by atoms with Crippen molar-refractivity contribution >= 4 is 11.9 Å². The number of furan rings is 1. The number of aliphatic hydroxyl groups excluding tert-OH is 1. The van der Waals surface area contributed by atoms with Gasteiger partial charge in [0.25, 0.3) is 5.91 Å². The van der Waals surface area contributed by atoms with Crippen LogP contribution in [0, 0.1) is 0 Å². The Morgan fingerprint density at radius 2 is 1.95 bits per heavy atom. The van der Waals surface area contributed by atoms with Crippen LogP contribution in [0.2, 0.25) is 0 Å². The fourth-order valence-electron chi connectivity index (χ4n) is 2.14. The molecule has 1 amide bonds. The van der Waals surface area contributed by atoms with Gasteiger partial charge in [0.1, 0.15) is 6.26 Å². The average Bonchev–Trinajstić information content (AvgIpc) is 3.02. The van der Waals surface area contributed by atoms with Crippen molar-refractivity contribution in [3.05, 3.63) is 59.5 Å². The van der Waals surface area contributed by atoms with Gasteiger partial charge in [0, 0.05) is 25.1 Å². The molecule has 0 radical (unpaired) electrons. The summed E-state index contributed by atoms with van der Waals surface area (Å²) in [5.74, 6) is -1.70. The molecule has 1 unspecified atom stereocenters. The van der Waals surface area contributed by atoms with Crippen molar-refractivity contribution in [3.8, 4) is 0 Å². The van der Waals surface area contributed by atoms with Crippen LogP contribution in [0.5, 0.6) is 0 Å². The van der Waals surface area contributed by atoms with Gasteiger partial charge in [0.15, 0.2) is 5.76 Å². The van der Waals surface area contributed by atoms with Gasteiger partial charge >= 0.3 is 5.97 Å². The lowest BCUT2D eigenvalue weighted by Gasteiger charge is -2.16. The van der Waals surface area contributed by atoms with E-state index < -0.39 is 11.9 Å². The first kappa shape index (κ1) is 15.8. The second-order valence-corrected chi connectivity index (χ2v) is 4.83. The normalized spacial score (nSPS) is 11.9. The molecule has 0 saturated carbocycles. The molecule has 0 aliphatic carbocycles. The zero-order valence-electron chi connectivity index (χ0n) is 11.9. The molecule has 1 aromatic heterocycles.